The summed E-state index contributed by atoms with van der Waals surface area (Å²) in [7, 11) is 1.49. The van der Waals surface area contributed by atoms with Crippen LogP contribution in [-0.4, -0.2) is 72.1 Å². The molecule has 2 fully saturated rings. The molecule has 35 heavy (non-hydrogen) atoms. The summed E-state index contributed by atoms with van der Waals surface area (Å²) >= 11 is 3.41. The smallest absolute Gasteiger partial charge is 0.341 e. The number of halogens is 1. The van der Waals surface area contributed by atoms with E-state index in [0.29, 0.717) is 39.4 Å². The van der Waals surface area contributed by atoms with E-state index in [2.05, 4.69) is 46.2 Å². The number of ether oxygens (including phenoxy) is 2. The van der Waals surface area contributed by atoms with Crippen molar-refractivity contribution in [1.29, 1.82) is 0 Å². The fourth-order valence-electron chi connectivity index (χ4n) is 4.13. The first-order valence-corrected chi connectivity index (χ1v) is 12.6. The van der Waals surface area contributed by atoms with E-state index < -0.39 is 12.6 Å². The average molecular weight is 548 g/mol. The number of aliphatic carboxylic acids is 1. The van der Waals surface area contributed by atoms with Crippen LogP contribution in [0, 0.1) is 0 Å². The van der Waals surface area contributed by atoms with Crippen molar-refractivity contribution >= 4 is 46.0 Å². The van der Waals surface area contributed by atoms with E-state index in [1.807, 2.05) is 0 Å². The van der Waals surface area contributed by atoms with Gasteiger partial charge in [0.05, 0.1) is 17.8 Å². The number of rotatable bonds is 9. The lowest BCUT2D eigenvalue weighted by Crippen LogP contribution is -2.34. The average Bonchev–Trinajstić information content (AvgIpc) is 2.88. The van der Waals surface area contributed by atoms with Gasteiger partial charge in [-0.3, -0.25) is 0 Å². The molecule has 2 aliphatic heterocycles. The topological polar surface area (TPSA) is 125 Å². The Morgan fingerprint density at radius 2 is 1.66 bits per heavy atom. The molecule has 2 saturated heterocycles. The van der Waals surface area contributed by atoms with Crippen LogP contribution < -0.4 is 24.7 Å². The fraction of sp³-hybridized carbons (Fsp3) is 0.522. The minimum absolute atomic E-state index is 0.315. The van der Waals surface area contributed by atoms with Crippen LogP contribution in [0.5, 0.6) is 11.5 Å². The third kappa shape index (κ3) is 6.71. The third-order valence-corrected chi connectivity index (χ3v) is 6.45. The number of hydrogen-bond acceptors (Lipinski definition) is 10. The largest absolute Gasteiger partial charge is 0.493 e. The number of carbonyl (C=O) groups is 1. The van der Waals surface area contributed by atoms with Crippen LogP contribution >= 0.6 is 15.9 Å². The number of carboxylic acids is 1. The Morgan fingerprint density at radius 1 is 1.06 bits per heavy atom. The van der Waals surface area contributed by atoms with Crippen LogP contribution in [0.4, 0.5) is 17.8 Å². The van der Waals surface area contributed by atoms with Gasteiger partial charge in [-0.25, -0.2) is 10.2 Å². The molecule has 0 atom stereocenters. The number of nitrogens with zero attached hydrogens (tertiary/aromatic N) is 6. The van der Waals surface area contributed by atoms with Crippen LogP contribution in [0.25, 0.3) is 0 Å². The van der Waals surface area contributed by atoms with Gasteiger partial charge in [-0.15, -0.1) is 0 Å². The summed E-state index contributed by atoms with van der Waals surface area (Å²) in [5.74, 6) is 1.39. The molecule has 0 saturated carbocycles. The SMILES string of the molecule is COc1cc(C=NNc2nc(N3CCCCC3)nc(N3CCCCC3)n2)cc(Br)c1OCC(=O)O. The van der Waals surface area contributed by atoms with E-state index >= 15 is 0 Å². The fourth-order valence-corrected chi connectivity index (χ4v) is 4.70. The molecule has 11 nitrogen and oxygen atoms in total. The second kappa shape index (κ2) is 12.0. The molecular formula is C23H30BrN7O4. The molecule has 188 valence electrons. The van der Waals surface area contributed by atoms with Crippen molar-refractivity contribution in [2.24, 2.45) is 5.10 Å². The number of carboxylic acid groups (broad SMARTS) is 1. The van der Waals surface area contributed by atoms with E-state index in [0.717, 1.165) is 51.9 Å². The predicted molar refractivity (Wildman–Crippen MR) is 137 cm³/mol. The molecule has 3 heterocycles. The zero-order valence-electron chi connectivity index (χ0n) is 19.7. The number of hydrazone groups is 1. The molecule has 0 bridgehead atoms. The molecule has 1 aromatic carbocycles. The maximum atomic E-state index is 10.8. The van der Waals surface area contributed by atoms with Gasteiger partial charge in [0.25, 0.3) is 0 Å². The monoisotopic (exact) mass is 547 g/mol. The van der Waals surface area contributed by atoms with Crippen molar-refractivity contribution in [2.45, 2.75) is 38.5 Å². The molecule has 0 unspecified atom stereocenters. The zero-order chi connectivity index (χ0) is 24.6. The summed E-state index contributed by atoms with van der Waals surface area (Å²) < 4.78 is 11.2. The van der Waals surface area contributed by atoms with Gasteiger partial charge in [0.1, 0.15) is 0 Å². The minimum atomic E-state index is -1.07. The van der Waals surface area contributed by atoms with Crippen LogP contribution in [0.1, 0.15) is 44.1 Å². The Bertz CT molecular complexity index is 1020. The van der Waals surface area contributed by atoms with Crippen LogP contribution in [-0.2, 0) is 4.79 Å². The van der Waals surface area contributed by atoms with Gasteiger partial charge in [0.2, 0.25) is 17.8 Å². The van der Waals surface area contributed by atoms with Crippen molar-refractivity contribution in [3.63, 3.8) is 0 Å². The first-order chi connectivity index (χ1) is 17.0. The Balaban J connectivity index is 1.53. The first-order valence-electron chi connectivity index (χ1n) is 11.8. The molecule has 12 heteroatoms. The highest BCUT2D eigenvalue weighted by Gasteiger charge is 2.20. The predicted octanol–water partition coefficient (Wildman–Crippen LogP) is 3.53. The highest BCUT2D eigenvalue weighted by Crippen LogP contribution is 2.36. The van der Waals surface area contributed by atoms with Gasteiger partial charge < -0.3 is 24.4 Å². The Morgan fingerprint density at radius 3 is 2.20 bits per heavy atom. The van der Waals surface area contributed by atoms with E-state index in [1.165, 1.54) is 20.0 Å². The van der Waals surface area contributed by atoms with Crippen LogP contribution in [0.2, 0.25) is 0 Å². The summed E-state index contributed by atoms with van der Waals surface area (Å²) in [6.07, 6.45) is 8.61. The van der Waals surface area contributed by atoms with Crippen molar-refractivity contribution in [3.8, 4) is 11.5 Å². The highest BCUT2D eigenvalue weighted by molar-refractivity contribution is 9.10. The molecule has 2 N–H and O–H groups in total. The van der Waals surface area contributed by atoms with Crippen molar-refractivity contribution < 1.29 is 19.4 Å². The lowest BCUT2D eigenvalue weighted by atomic mass is 10.1. The molecule has 0 amide bonds. The van der Waals surface area contributed by atoms with Crippen molar-refractivity contribution in [3.05, 3.63) is 22.2 Å². The van der Waals surface area contributed by atoms with Gasteiger partial charge in [-0.05, 0) is 72.2 Å². The number of hydrogen-bond donors (Lipinski definition) is 2. The Kier molecular flexibility index (Phi) is 8.56. The first kappa shape index (κ1) is 25.0. The lowest BCUT2D eigenvalue weighted by molar-refractivity contribution is -0.139. The number of methoxy groups -OCH3 is 1. The van der Waals surface area contributed by atoms with Gasteiger partial charge in [0, 0.05) is 26.2 Å². The number of aromatic nitrogens is 3. The number of benzene rings is 1. The quantitative estimate of drug-likeness (QED) is 0.355. The summed E-state index contributed by atoms with van der Waals surface area (Å²) in [5, 5.41) is 13.2. The van der Waals surface area contributed by atoms with Crippen molar-refractivity contribution in [1.82, 2.24) is 15.0 Å². The van der Waals surface area contributed by atoms with Crippen LogP contribution in [0.3, 0.4) is 0 Å². The standard InChI is InChI=1S/C23H30BrN7O4/c1-34-18-13-16(12-17(24)20(18)35-15-19(32)33)14-25-29-21-26-22(30-8-4-2-5-9-30)28-23(27-21)31-10-6-3-7-11-31/h12-14H,2-11,15H2,1H3,(H,32,33)(H,26,27,28,29). The molecule has 2 aromatic rings. The van der Waals surface area contributed by atoms with E-state index in [9.17, 15) is 4.79 Å². The molecule has 0 radical (unpaired) electrons. The molecule has 2 aliphatic rings. The van der Waals surface area contributed by atoms with Gasteiger partial charge in [-0.2, -0.15) is 20.1 Å². The molecule has 4 rings (SSSR count). The maximum absolute atomic E-state index is 10.8. The zero-order valence-corrected chi connectivity index (χ0v) is 21.3. The molecular weight excluding hydrogens is 518 g/mol. The maximum Gasteiger partial charge on any atom is 0.341 e. The molecule has 0 spiro atoms. The van der Waals surface area contributed by atoms with Gasteiger partial charge in [0.15, 0.2) is 18.1 Å². The second-order valence-electron chi connectivity index (χ2n) is 8.44. The van der Waals surface area contributed by atoms with Gasteiger partial charge in [-0.1, -0.05) is 0 Å². The third-order valence-electron chi connectivity index (χ3n) is 5.86. The number of anilines is 3. The highest BCUT2D eigenvalue weighted by atomic mass is 79.9. The number of piperidine rings is 2. The summed E-state index contributed by atoms with van der Waals surface area (Å²) in [6, 6.07) is 3.47. The van der Waals surface area contributed by atoms with E-state index in [4.69, 9.17) is 19.6 Å². The minimum Gasteiger partial charge on any atom is -0.493 e. The second-order valence-corrected chi connectivity index (χ2v) is 9.30. The van der Waals surface area contributed by atoms with E-state index in [1.54, 1.807) is 18.3 Å². The molecule has 0 aliphatic carbocycles. The summed E-state index contributed by atoms with van der Waals surface area (Å²) in [5.41, 5.74) is 3.67. The Labute approximate surface area is 212 Å². The lowest BCUT2D eigenvalue weighted by Gasteiger charge is -2.30. The van der Waals surface area contributed by atoms with Gasteiger partial charge >= 0.3 is 5.97 Å². The normalized spacial score (nSPS) is 16.4. The Hall–Kier alpha value is -3.15. The molecule has 1 aromatic heterocycles. The van der Waals surface area contributed by atoms with Crippen LogP contribution in [0.15, 0.2) is 21.7 Å². The summed E-state index contributed by atoms with van der Waals surface area (Å²) in [4.78, 5) is 29.3. The summed E-state index contributed by atoms with van der Waals surface area (Å²) in [6.45, 7) is 3.29. The number of nitrogens with one attached hydrogen (secondary N) is 1. The van der Waals surface area contributed by atoms with E-state index in [-0.39, 0.29) is 0 Å². The van der Waals surface area contributed by atoms with Crippen molar-refractivity contribution in [2.75, 3.05) is 55.1 Å².